The number of nitriles is 1. The molecule has 3 aliphatic rings. The first kappa shape index (κ1) is 20.8. The average Bonchev–Trinajstić information content (AvgIpc) is 3.03. The molecule has 2 aromatic rings. The maximum Gasteiger partial charge on any atom is 0.248 e. The number of hydrogen-bond donors (Lipinski definition) is 0. The van der Waals surface area contributed by atoms with Crippen molar-refractivity contribution in [3.63, 3.8) is 0 Å². The molecule has 0 radical (unpaired) electrons. The maximum atomic E-state index is 14.3. The van der Waals surface area contributed by atoms with Gasteiger partial charge in [-0.2, -0.15) is 5.26 Å². The van der Waals surface area contributed by atoms with Crippen LogP contribution in [-0.4, -0.2) is 52.6 Å². The Hall–Kier alpha value is -3.12. The Labute approximate surface area is 184 Å². The Kier molecular flexibility index (Phi) is 5.25. The Morgan fingerprint density at radius 2 is 1.84 bits per heavy atom. The van der Waals surface area contributed by atoms with Gasteiger partial charge in [0.25, 0.3) is 0 Å². The zero-order valence-corrected chi connectivity index (χ0v) is 17.5. The van der Waals surface area contributed by atoms with Crippen molar-refractivity contribution < 1.29 is 18.3 Å². The molecular formula is C23H23F2N5O2. The van der Waals surface area contributed by atoms with Gasteiger partial charge in [0, 0.05) is 31.4 Å². The third kappa shape index (κ3) is 3.48. The van der Waals surface area contributed by atoms with Gasteiger partial charge in [-0.1, -0.05) is 0 Å². The van der Waals surface area contributed by atoms with Crippen molar-refractivity contribution in [2.45, 2.75) is 49.8 Å². The Morgan fingerprint density at radius 3 is 2.38 bits per heavy atom. The van der Waals surface area contributed by atoms with Crippen LogP contribution in [0.3, 0.4) is 0 Å². The Morgan fingerprint density at radius 1 is 1.16 bits per heavy atom. The summed E-state index contributed by atoms with van der Waals surface area (Å²) in [6.45, 7) is 0.881. The van der Waals surface area contributed by atoms with E-state index in [1.54, 1.807) is 17.2 Å². The number of pyridine rings is 2. The number of aromatic nitrogens is 2. The molecule has 1 aliphatic carbocycles. The number of likely N-dealkylation sites (tertiary alicyclic amines) is 1. The fourth-order valence-corrected chi connectivity index (χ4v) is 5.19. The highest BCUT2D eigenvalue weighted by Crippen LogP contribution is 2.46. The molecule has 2 atom stereocenters. The summed E-state index contributed by atoms with van der Waals surface area (Å²) in [4.78, 5) is 24.9. The molecule has 2 saturated heterocycles. The monoisotopic (exact) mass is 439 g/mol. The molecule has 1 unspecified atom stereocenters. The fourth-order valence-electron chi connectivity index (χ4n) is 5.19. The highest BCUT2D eigenvalue weighted by atomic mass is 19.1. The molecule has 1 amide bonds. The van der Waals surface area contributed by atoms with Crippen LogP contribution in [0.5, 0.6) is 0 Å². The number of amides is 1. The third-order valence-electron chi connectivity index (χ3n) is 6.92. The van der Waals surface area contributed by atoms with E-state index < -0.39 is 17.2 Å². The van der Waals surface area contributed by atoms with Crippen molar-refractivity contribution in [1.29, 1.82) is 5.26 Å². The minimum absolute atomic E-state index is 0.122. The summed E-state index contributed by atoms with van der Waals surface area (Å²) in [5, 5.41) is 8.98. The smallest absolute Gasteiger partial charge is 0.248 e. The molecular weight excluding hydrogens is 416 g/mol. The molecule has 2 bridgehead atoms. The predicted octanol–water partition coefficient (Wildman–Crippen LogP) is 2.90. The van der Waals surface area contributed by atoms with Gasteiger partial charge in [-0.25, -0.2) is 13.8 Å². The summed E-state index contributed by atoms with van der Waals surface area (Å²) in [6.07, 6.45) is 7.17. The van der Waals surface area contributed by atoms with E-state index in [9.17, 15) is 13.6 Å². The standard InChI is InChI=1S/C23H23F2N5O2/c24-18-10-27-11-19(25)22(18)23(6-1-7-23)32-14-21(31)29-12-16-3-4-17(13-29)30(16)20-5-2-15(8-26)9-28-20/h2,5,9-11,16-17H,1,3-4,6-7,12-14H2/t16-,17?/m0/s1. The number of ether oxygens (including phenoxy) is 1. The summed E-state index contributed by atoms with van der Waals surface area (Å²) in [6, 6.07) is 5.96. The topological polar surface area (TPSA) is 82.4 Å². The lowest BCUT2D eigenvalue weighted by Crippen LogP contribution is -2.56. The van der Waals surface area contributed by atoms with E-state index in [1.807, 2.05) is 6.07 Å². The minimum Gasteiger partial charge on any atom is -0.360 e. The zero-order valence-electron chi connectivity index (χ0n) is 17.5. The second-order valence-corrected chi connectivity index (χ2v) is 8.72. The van der Waals surface area contributed by atoms with E-state index in [2.05, 4.69) is 20.9 Å². The van der Waals surface area contributed by atoms with Crippen molar-refractivity contribution in [2.75, 3.05) is 24.6 Å². The van der Waals surface area contributed by atoms with Gasteiger partial charge >= 0.3 is 0 Å². The molecule has 7 nitrogen and oxygen atoms in total. The molecule has 3 fully saturated rings. The molecule has 0 spiro atoms. The number of rotatable bonds is 5. The highest BCUT2D eigenvalue weighted by Gasteiger charge is 2.46. The quantitative estimate of drug-likeness (QED) is 0.713. The molecule has 1 saturated carbocycles. The molecule has 166 valence electrons. The lowest BCUT2D eigenvalue weighted by atomic mass is 9.74. The van der Waals surface area contributed by atoms with Gasteiger partial charge in [-0.3, -0.25) is 9.78 Å². The summed E-state index contributed by atoms with van der Waals surface area (Å²) in [5.41, 5.74) is -0.706. The molecule has 4 heterocycles. The van der Waals surface area contributed by atoms with E-state index >= 15 is 0 Å². The van der Waals surface area contributed by atoms with E-state index in [0.29, 0.717) is 31.5 Å². The first-order valence-corrected chi connectivity index (χ1v) is 10.9. The van der Waals surface area contributed by atoms with Crippen LogP contribution in [0.1, 0.15) is 43.2 Å². The second kappa shape index (κ2) is 8.10. The van der Waals surface area contributed by atoms with Crippen LogP contribution in [-0.2, 0) is 15.1 Å². The number of carbonyl (C=O) groups is 1. The van der Waals surface area contributed by atoms with Crippen molar-refractivity contribution in [2.24, 2.45) is 0 Å². The molecule has 5 rings (SSSR count). The van der Waals surface area contributed by atoms with E-state index in [0.717, 1.165) is 37.5 Å². The van der Waals surface area contributed by atoms with Crippen molar-refractivity contribution in [3.8, 4) is 6.07 Å². The van der Waals surface area contributed by atoms with Gasteiger partial charge in [0.05, 0.1) is 29.1 Å². The molecule has 2 aliphatic heterocycles. The van der Waals surface area contributed by atoms with Crippen LogP contribution in [0.4, 0.5) is 14.6 Å². The van der Waals surface area contributed by atoms with Crippen LogP contribution in [0.25, 0.3) is 0 Å². The Balaban J connectivity index is 1.25. The summed E-state index contributed by atoms with van der Waals surface area (Å²) in [5.74, 6) is -0.829. The number of halogens is 2. The van der Waals surface area contributed by atoms with Gasteiger partial charge in [0.1, 0.15) is 18.5 Å². The molecule has 32 heavy (non-hydrogen) atoms. The summed E-state index contributed by atoms with van der Waals surface area (Å²) >= 11 is 0. The van der Waals surface area contributed by atoms with Crippen LogP contribution >= 0.6 is 0 Å². The number of carbonyl (C=O) groups excluding carboxylic acids is 1. The molecule has 0 aromatic carbocycles. The largest absolute Gasteiger partial charge is 0.360 e. The lowest BCUT2D eigenvalue weighted by Gasteiger charge is -2.44. The summed E-state index contributed by atoms with van der Waals surface area (Å²) in [7, 11) is 0. The number of fused-ring (bicyclic) bond motifs is 2. The number of hydrogen-bond acceptors (Lipinski definition) is 6. The van der Waals surface area contributed by atoms with E-state index in [-0.39, 0.29) is 30.2 Å². The molecule has 9 heteroatoms. The van der Waals surface area contributed by atoms with Gasteiger partial charge in [-0.15, -0.1) is 0 Å². The van der Waals surface area contributed by atoms with Crippen molar-refractivity contribution >= 4 is 11.7 Å². The van der Waals surface area contributed by atoms with Gasteiger partial charge in [-0.05, 0) is 44.2 Å². The first-order chi connectivity index (χ1) is 15.5. The van der Waals surface area contributed by atoms with Crippen molar-refractivity contribution in [1.82, 2.24) is 14.9 Å². The summed E-state index contributed by atoms with van der Waals surface area (Å²) < 4.78 is 34.5. The molecule has 0 N–H and O–H groups in total. The average molecular weight is 439 g/mol. The van der Waals surface area contributed by atoms with Crippen LogP contribution in [0.15, 0.2) is 30.7 Å². The van der Waals surface area contributed by atoms with Gasteiger partial charge in [0.2, 0.25) is 5.91 Å². The van der Waals surface area contributed by atoms with E-state index in [4.69, 9.17) is 10.00 Å². The normalized spacial score (nSPS) is 23.5. The number of nitrogens with zero attached hydrogens (tertiary/aromatic N) is 5. The maximum absolute atomic E-state index is 14.3. The third-order valence-corrected chi connectivity index (χ3v) is 6.92. The Bertz CT molecular complexity index is 1030. The first-order valence-electron chi connectivity index (χ1n) is 10.9. The SMILES string of the molecule is N#Cc1ccc(N2C3CC[C@H]2CN(C(=O)COC2(c4c(F)cncc4F)CCC2)C3)nc1. The molecule has 2 aromatic heterocycles. The van der Waals surface area contributed by atoms with Gasteiger partial charge < -0.3 is 14.5 Å². The number of anilines is 1. The van der Waals surface area contributed by atoms with E-state index in [1.165, 1.54) is 0 Å². The van der Waals surface area contributed by atoms with Crippen LogP contribution in [0, 0.1) is 23.0 Å². The second-order valence-electron chi connectivity index (χ2n) is 8.72. The highest BCUT2D eigenvalue weighted by molar-refractivity contribution is 5.78. The van der Waals surface area contributed by atoms with Gasteiger partial charge in [0.15, 0.2) is 11.6 Å². The zero-order chi connectivity index (χ0) is 22.3. The predicted molar refractivity (Wildman–Crippen MR) is 110 cm³/mol. The van der Waals surface area contributed by atoms with Crippen molar-refractivity contribution in [3.05, 3.63) is 53.5 Å². The van der Waals surface area contributed by atoms with Crippen LogP contribution < -0.4 is 4.90 Å². The number of piperazine rings is 1. The van der Waals surface area contributed by atoms with Crippen LogP contribution in [0.2, 0.25) is 0 Å². The fraction of sp³-hybridized carbons (Fsp3) is 0.478. The minimum atomic E-state index is -1.10. The lowest BCUT2D eigenvalue weighted by molar-refractivity contribution is -0.155.